The Kier molecular flexibility index (Phi) is 12.0. The molecule has 13 heavy (non-hydrogen) atoms. The van der Waals surface area contributed by atoms with Crippen LogP contribution in [0.15, 0.2) is 0 Å². The second-order valence-corrected chi connectivity index (χ2v) is 1.89. The molecule has 6 nitrogen and oxygen atoms in total. The molecule has 0 spiro atoms. The van der Waals surface area contributed by atoms with E-state index in [9.17, 15) is 9.59 Å². The number of nitrogens with one attached hydrogen (secondary N) is 1. The molecular weight excluding hydrogens is 202 g/mol. The summed E-state index contributed by atoms with van der Waals surface area (Å²) in [6.07, 6.45) is 0.945. The number of halogens is 1. The van der Waals surface area contributed by atoms with Gasteiger partial charge in [0.05, 0.1) is 0 Å². The monoisotopic (exact) mass is 211 g/mol. The molecule has 0 atom stereocenters. The number of carbonyl (C=O) groups is 2. The third kappa shape index (κ3) is 24.8. The van der Waals surface area contributed by atoms with Gasteiger partial charge in [0.15, 0.2) is 0 Å². The number of hydrogen-bond acceptors (Lipinski definition) is 5. The Morgan fingerprint density at radius 3 is 2.23 bits per heavy atom. The molecule has 0 bridgehead atoms. The number of carboxylic acid groups (broad SMARTS) is 1. The van der Waals surface area contributed by atoms with Crippen molar-refractivity contribution < 1.29 is 24.2 Å². The van der Waals surface area contributed by atoms with Crippen molar-refractivity contribution in [1.82, 2.24) is 0 Å². The van der Waals surface area contributed by atoms with Gasteiger partial charge in [-0.2, -0.15) is 0 Å². The predicted molar refractivity (Wildman–Crippen MR) is 45.5 cm³/mol. The molecule has 76 valence electrons. The van der Waals surface area contributed by atoms with Gasteiger partial charge in [-0.3, -0.25) is 0 Å². The van der Waals surface area contributed by atoms with E-state index in [4.69, 9.17) is 22.1 Å². The topological polar surface area (TPSA) is 96.7 Å². The summed E-state index contributed by atoms with van der Waals surface area (Å²) in [5.41, 5.74) is -0.872. The maximum atomic E-state index is 9.64. The molecule has 2 N–H and O–H groups in total. The van der Waals surface area contributed by atoms with E-state index in [1.54, 1.807) is 0 Å². The summed E-state index contributed by atoms with van der Waals surface area (Å²) >= 11 is 4.69. The Bertz CT molecular complexity index is 172. The number of methoxy groups -OCH3 is 1. The lowest BCUT2D eigenvalue weighted by Gasteiger charge is -1.87. The molecule has 0 saturated carbocycles. The Morgan fingerprint density at radius 2 is 2.15 bits per heavy atom. The molecule has 0 aromatic carbocycles. The van der Waals surface area contributed by atoms with Crippen LogP contribution in [-0.2, 0) is 14.3 Å². The van der Waals surface area contributed by atoms with Gasteiger partial charge in [0, 0.05) is 24.9 Å². The van der Waals surface area contributed by atoms with E-state index >= 15 is 0 Å². The molecule has 0 amide bonds. The average molecular weight is 212 g/mol. The largest absolute Gasteiger partial charge is 0.480 e. The lowest BCUT2D eigenvalue weighted by atomic mass is 10.8. The zero-order chi connectivity index (χ0) is 10.7. The fourth-order valence-electron chi connectivity index (χ4n) is 0.231. The van der Waals surface area contributed by atoms with Crippen molar-refractivity contribution in [3.8, 4) is 0 Å². The third-order valence-corrected chi connectivity index (χ3v) is 0.657. The molecule has 0 radical (unpaired) electrons. The summed E-state index contributed by atoms with van der Waals surface area (Å²) in [5.74, 6) is -0.933. The molecule has 0 heterocycles. The molecule has 0 aromatic heterocycles. The van der Waals surface area contributed by atoms with Crippen molar-refractivity contribution >= 4 is 29.2 Å². The van der Waals surface area contributed by atoms with Crippen LogP contribution < -0.4 is 0 Å². The van der Waals surface area contributed by atoms with E-state index in [0.717, 1.165) is 6.21 Å². The van der Waals surface area contributed by atoms with Crippen LogP contribution in [0.3, 0.4) is 0 Å². The van der Waals surface area contributed by atoms with Gasteiger partial charge in [0.2, 0.25) is 0 Å². The number of rotatable bonds is 4. The Labute approximate surface area is 79.9 Å². The fourth-order valence-corrected chi connectivity index (χ4v) is 0.294. The standard InChI is InChI=1S/C3H4ClNO2.C3H6O3/c4-3(6)7-2-1-5;1-6-2-3(4)5/h1,5H,2H2;2H2,1H3,(H,4,5). The fraction of sp³-hybridized carbons (Fsp3) is 0.500. The van der Waals surface area contributed by atoms with E-state index in [2.05, 4.69) is 9.47 Å². The first-order valence-electron chi connectivity index (χ1n) is 3.06. The van der Waals surface area contributed by atoms with Gasteiger partial charge in [-0.15, -0.1) is 0 Å². The Balaban J connectivity index is 0. The van der Waals surface area contributed by atoms with Crippen LogP contribution in [0.4, 0.5) is 4.79 Å². The maximum absolute atomic E-state index is 9.64. The van der Waals surface area contributed by atoms with E-state index in [0.29, 0.717) is 0 Å². The molecule has 0 aliphatic rings. The van der Waals surface area contributed by atoms with Crippen molar-refractivity contribution in [2.75, 3.05) is 20.3 Å². The van der Waals surface area contributed by atoms with Gasteiger partial charge in [0.25, 0.3) is 0 Å². The zero-order valence-corrected chi connectivity index (χ0v) is 7.71. The van der Waals surface area contributed by atoms with Gasteiger partial charge in [-0.25, -0.2) is 9.59 Å². The number of carbonyl (C=O) groups excluding carboxylic acids is 1. The van der Waals surface area contributed by atoms with E-state index in [-0.39, 0.29) is 13.2 Å². The average Bonchev–Trinajstić information content (AvgIpc) is 2.01. The smallest absolute Gasteiger partial charge is 0.404 e. The quantitative estimate of drug-likeness (QED) is 0.528. The number of carboxylic acids is 1. The molecule has 0 saturated heterocycles. The van der Waals surface area contributed by atoms with Crippen molar-refractivity contribution in [3.63, 3.8) is 0 Å². The predicted octanol–water partition coefficient (Wildman–Crippen LogP) is 0.729. The number of aliphatic carboxylic acids is 1. The van der Waals surface area contributed by atoms with E-state index in [1.807, 2.05) is 0 Å². The second-order valence-electron chi connectivity index (χ2n) is 1.58. The highest BCUT2D eigenvalue weighted by molar-refractivity contribution is 6.61. The van der Waals surface area contributed by atoms with Crippen LogP contribution in [0.5, 0.6) is 0 Å². The molecular formula is C6H10ClNO5. The summed E-state index contributed by atoms with van der Waals surface area (Å²) in [6, 6.07) is 0. The van der Waals surface area contributed by atoms with Gasteiger partial charge in [0.1, 0.15) is 13.2 Å². The maximum Gasteiger partial charge on any atom is 0.404 e. The van der Waals surface area contributed by atoms with Crippen LogP contribution in [0.2, 0.25) is 0 Å². The van der Waals surface area contributed by atoms with Crippen LogP contribution in [0, 0.1) is 5.41 Å². The number of hydrogen-bond donors (Lipinski definition) is 2. The number of ether oxygens (including phenoxy) is 2. The molecule has 0 aliphatic heterocycles. The van der Waals surface area contributed by atoms with Gasteiger partial charge < -0.3 is 20.0 Å². The van der Waals surface area contributed by atoms with Crippen molar-refractivity contribution in [1.29, 1.82) is 5.41 Å². The van der Waals surface area contributed by atoms with Gasteiger partial charge >= 0.3 is 11.4 Å². The van der Waals surface area contributed by atoms with Crippen LogP contribution in [0.1, 0.15) is 0 Å². The lowest BCUT2D eigenvalue weighted by Crippen LogP contribution is -2.02. The third-order valence-electron chi connectivity index (χ3n) is 0.548. The first-order chi connectivity index (χ1) is 6.04. The minimum Gasteiger partial charge on any atom is -0.480 e. The molecule has 0 aromatic rings. The normalized spacial score (nSPS) is 7.85. The SMILES string of the molecule is COCC(=O)O.N=CCOC(=O)Cl. The summed E-state index contributed by atoms with van der Waals surface area (Å²) in [7, 11) is 1.34. The van der Waals surface area contributed by atoms with Gasteiger partial charge in [-0.1, -0.05) is 0 Å². The van der Waals surface area contributed by atoms with Crippen molar-refractivity contribution in [3.05, 3.63) is 0 Å². The molecule has 0 aliphatic carbocycles. The summed E-state index contributed by atoms with van der Waals surface area (Å²) in [6.45, 7) is -0.248. The molecule has 7 heteroatoms. The van der Waals surface area contributed by atoms with Crippen molar-refractivity contribution in [2.45, 2.75) is 0 Å². The highest BCUT2D eigenvalue weighted by Crippen LogP contribution is 1.82. The minimum absolute atomic E-state index is 0.0394. The zero-order valence-electron chi connectivity index (χ0n) is 6.95. The lowest BCUT2D eigenvalue weighted by molar-refractivity contribution is -0.141. The molecule has 0 fully saturated rings. The second kappa shape index (κ2) is 10.9. The molecule has 0 unspecified atom stereocenters. The highest BCUT2D eigenvalue weighted by Gasteiger charge is 1.88. The van der Waals surface area contributed by atoms with E-state index in [1.165, 1.54) is 7.11 Å². The first-order valence-corrected chi connectivity index (χ1v) is 3.44. The summed E-state index contributed by atoms with van der Waals surface area (Å²) < 4.78 is 8.28. The summed E-state index contributed by atoms with van der Waals surface area (Å²) in [4.78, 5) is 19.1. The highest BCUT2D eigenvalue weighted by atomic mass is 35.5. The minimum atomic E-state index is -0.933. The van der Waals surface area contributed by atoms with Crippen LogP contribution in [-0.4, -0.2) is 43.0 Å². The van der Waals surface area contributed by atoms with Gasteiger partial charge in [-0.05, 0) is 0 Å². The molecule has 0 rings (SSSR count). The van der Waals surface area contributed by atoms with Crippen molar-refractivity contribution in [2.24, 2.45) is 0 Å². The Hall–Kier alpha value is -1.14. The first kappa shape index (κ1) is 14.4. The van der Waals surface area contributed by atoms with E-state index < -0.39 is 11.4 Å². The van der Waals surface area contributed by atoms with Crippen LogP contribution in [0.25, 0.3) is 0 Å². The summed E-state index contributed by atoms with van der Waals surface area (Å²) in [5, 5.41) is 14.1. The van der Waals surface area contributed by atoms with Crippen LogP contribution >= 0.6 is 11.6 Å². The Morgan fingerprint density at radius 1 is 1.62 bits per heavy atom.